The number of nitrogens with zero attached hydrogens (tertiary/aromatic N) is 1. The number of carbonyl (C=O) groups is 2. The number of aliphatic hydroxyl groups excluding tert-OH is 1. The highest BCUT2D eigenvalue weighted by atomic mass is 35.5. The molecule has 214 valence electrons. The topological polar surface area (TPSA) is 110 Å². The van der Waals surface area contributed by atoms with Crippen molar-refractivity contribution < 1.29 is 32.6 Å². The van der Waals surface area contributed by atoms with Crippen molar-refractivity contribution in [2.75, 3.05) is 26.0 Å². The van der Waals surface area contributed by atoms with Gasteiger partial charge in [0.1, 0.15) is 11.3 Å². The van der Waals surface area contributed by atoms with Gasteiger partial charge >= 0.3 is 5.97 Å². The van der Waals surface area contributed by atoms with Crippen LogP contribution in [0.3, 0.4) is 0 Å². The third-order valence-corrected chi connectivity index (χ3v) is 8.88. The number of rotatable bonds is 7. The summed E-state index contributed by atoms with van der Waals surface area (Å²) in [4.78, 5) is 27.9. The molecule has 3 aromatic carbocycles. The summed E-state index contributed by atoms with van der Waals surface area (Å²) in [6, 6.07) is 19.0. The SMILES string of the molecule is Cc1cc(-c2cccc(S(C)(=O)=O)c2)c(Cl)cc1C1=C(O)C2(CCCN(C(=O)CCOc3ccccc3)C2)OC1=O. The number of para-hydroxylation sites is 1. The first-order valence-corrected chi connectivity index (χ1v) is 15.5. The molecule has 2 heterocycles. The molecule has 0 aromatic heterocycles. The summed E-state index contributed by atoms with van der Waals surface area (Å²) >= 11 is 6.64. The third kappa shape index (κ3) is 5.83. The highest BCUT2D eigenvalue weighted by molar-refractivity contribution is 7.90. The van der Waals surface area contributed by atoms with Gasteiger partial charge in [-0.2, -0.15) is 0 Å². The quantitative estimate of drug-likeness (QED) is 0.365. The molecule has 2 aliphatic rings. The van der Waals surface area contributed by atoms with E-state index >= 15 is 0 Å². The van der Waals surface area contributed by atoms with E-state index in [2.05, 4.69) is 0 Å². The van der Waals surface area contributed by atoms with Gasteiger partial charge in [-0.3, -0.25) is 4.79 Å². The van der Waals surface area contributed by atoms with Gasteiger partial charge in [0.2, 0.25) is 5.91 Å². The van der Waals surface area contributed by atoms with Gasteiger partial charge in [-0.05, 0) is 72.9 Å². The van der Waals surface area contributed by atoms with Crippen LogP contribution < -0.4 is 4.74 Å². The maximum absolute atomic E-state index is 13.2. The molecular formula is C31H30ClNO7S. The van der Waals surface area contributed by atoms with E-state index in [0.29, 0.717) is 47.4 Å². The average Bonchev–Trinajstić information content (AvgIpc) is 3.17. The Morgan fingerprint density at radius 3 is 2.59 bits per heavy atom. The Kier molecular flexibility index (Phi) is 7.85. The fourth-order valence-corrected chi connectivity index (χ4v) is 6.29. The number of amides is 1. The van der Waals surface area contributed by atoms with Crippen LogP contribution in [0.4, 0.5) is 0 Å². The maximum Gasteiger partial charge on any atom is 0.343 e. The molecule has 5 rings (SSSR count). The normalized spacial score (nSPS) is 19.0. The lowest BCUT2D eigenvalue weighted by atomic mass is 9.87. The van der Waals surface area contributed by atoms with E-state index in [-0.39, 0.29) is 46.7 Å². The number of carbonyl (C=O) groups excluding carboxylic acids is 2. The van der Waals surface area contributed by atoms with Crippen LogP contribution in [0.5, 0.6) is 5.75 Å². The maximum atomic E-state index is 13.2. The number of ether oxygens (including phenoxy) is 2. The second kappa shape index (κ2) is 11.2. The highest BCUT2D eigenvalue weighted by Gasteiger charge is 2.52. The summed E-state index contributed by atoms with van der Waals surface area (Å²) in [5.41, 5.74) is 0.939. The van der Waals surface area contributed by atoms with Crippen LogP contribution >= 0.6 is 11.6 Å². The van der Waals surface area contributed by atoms with Crippen LogP contribution in [-0.2, 0) is 24.2 Å². The number of likely N-dealkylation sites (tertiary alicyclic amines) is 1. The van der Waals surface area contributed by atoms with Crippen LogP contribution in [0.1, 0.15) is 30.4 Å². The van der Waals surface area contributed by atoms with Gasteiger partial charge in [-0.1, -0.05) is 41.9 Å². The zero-order valence-corrected chi connectivity index (χ0v) is 24.3. The summed E-state index contributed by atoms with van der Waals surface area (Å²) in [6.07, 6.45) is 2.21. The van der Waals surface area contributed by atoms with E-state index in [0.717, 1.165) is 6.26 Å². The molecule has 1 amide bonds. The summed E-state index contributed by atoms with van der Waals surface area (Å²) < 4.78 is 35.5. The van der Waals surface area contributed by atoms with E-state index in [1.807, 2.05) is 30.3 Å². The molecule has 1 unspecified atom stereocenters. The largest absolute Gasteiger partial charge is 0.507 e. The van der Waals surface area contributed by atoms with Crippen LogP contribution in [0, 0.1) is 6.92 Å². The van der Waals surface area contributed by atoms with Crippen LogP contribution in [0.2, 0.25) is 5.02 Å². The molecule has 0 aliphatic carbocycles. The highest BCUT2D eigenvalue weighted by Crippen LogP contribution is 2.44. The summed E-state index contributed by atoms with van der Waals surface area (Å²) in [7, 11) is -3.42. The minimum Gasteiger partial charge on any atom is -0.507 e. The Morgan fingerprint density at radius 1 is 1.10 bits per heavy atom. The predicted octanol–water partition coefficient (Wildman–Crippen LogP) is 5.38. The molecule has 1 N–H and O–H groups in total. The number of aliphatic hydroxyl groups is 1. The molecule has 1 fully saturated rings. The number of esters is 1. The van der Waals surface area contributed by atoms with Gasteiger partial charge in [0, 0.05) is 23.4 Å². The van der Waals surface area contributed by atoms with Gasteiger partial charge in [-0.15, -0.1) is 0 Å². The van der Waals surface area contributed by atoms with Gasteiger partial charge in [0.25, 0.3) is 0 Å². The molecule has 1 spiro atoms. The van der Waals surface area contributed by atoms with Gasteiger partial charge in [-0.25, -0.2) is 13.2 Å². The Labute approximate surface area is 244 Å². The zero-order chi connectivity index (χ0) is 29.4. The minimum atomic E-state index is -3.42. The summed E-state index contributed by atoms with van der Waals surface area (Å²) in [5, 5.41) is 11.7. The second-order valence-electron chi connectivity index (χ2n) is 10.4. The second-order valence-corrected chi connectivity index (χ2v) is 12.8. The molecule has 10 heteroatoms. The smallest absolute Gasteiger partial charge is 0.343 e. The third-order valence-electron chi connectivity index (χ3n) is 7.45. The first-order chi connectivity index (χ1) is 19.5. The number of benzene rings is 3. The molecule has 2 aliphatic heterocycles. The molecule has 1 saturated heterocycles. The lowest BCUT2D eigenvalue weighted by Crippen LogP contribution is -2.51. The van der Waals surface area contributed by atoms with Gasteiger partial charge < -0.3 is 19.5 Å². The summed E-state index contributed by atoms with van der Waals surface area (Å²) in [5.74, 6) is -0.382. The Morgan fingerprint density at radius 2 is 1.85 bits per heavy atom. The number of piperidine rings is 1. The molecule has 1 atom stereocenters. The molecule has 0 saturated carbocycles. The first-order valence-electron chi connectivity index (χ1n) is 13.2. The van der Waals surface area contributed by atoms with Crippen LogP contribution in [0.15, 0.2) is 77.4 Å². The van der Waals surface area contributed by atoms with E-state index in [1.54, 1.807) is 42.2 Å². The fourth-order valence-electron chi connectivity index (χ4n) is 5.35. The Balaban J connectivity index is 1.38. The predicted molar refractivity (Wildman–Crippen MR) is 155 cm³/mol. The molecule has 3 aromatic rings. The number of halogens is 1. The lowest BCUT2D eigenvalue weighted by molar-refractivity contribution is -0.156. The lowest BCUT2D eigenvalue weighted by Gasteiger charge is -2.39. The van der Waals surface area contributed by atoms with Crippen molar-refractivity contribution in [3.05, 3.63) is 88.6 Å². The molecule has 41 heavy (non-hydrogen) atoms. The number of hydrogen-bond donors (Lipinski definition) is 1. The van der Waals surface area contributed by atoms with Gasteiger partial charge in [0.15, 0.2) is 21.2 Å². The van der Waals surface area contributed by atoms with Crippen molar-refractivity contribution >= 4 is 38.9 Å². The first kappa shape index (κ1) is 28.7. The monoisotopic (exact) mass is 595 g/mol. The van der Waals surface area contributed by atoms with E-state index in [9.17, 15) is 23.1 Å². The van der Waals surface area contributed by atoms with Crippen molar-refractivity contribution in [2.45, 2.75) is 36.7 Å². The molecule has 0 bridgehead atoms. The molecule has 8 nitrogen and oxygen atoms in total. The molecule has 0 radical (unpaired) electrons. The van der Waals surface area contributed by atoms with Crippen molar-refractivity contribution in [2.24, 2.45) is 0 Å². The number of hydrogen-bond acceptors (Lipinski definition) is 7. The number of aryl methyl sites for hydroxylation is 1. The Bertz CT molecular complexity index is 1650. The standard InChI is InChI=1S/C31H30ClNO7S/c1-20-16-25(21-8-6-11-23(17-21)41(2,37)38)26(32)18-24(20)28-29(35)31(40-30(28)36)13-7-14-33(19-31)27(34)12-15-39-22-9-4-3-5-10-22/h3-6,8-11,16-18,35H,7,12-15,19H2,1-2H3. The van der Waals surface area contributed by atoms with Crippen molar-refractivity contribution in [3.63, 3.8) is 0 Å². The fraction of sp³-hybridized carbons (Fsp3) is 0.290. The van der Waals surface area contributed by atoms with Crippen LogP contribution in [-0.4, -0.2) is 61.9 Å². The van der Waals surface area contributed by atoms with E-state index < -0.39 is 21.4 Å². The Hall–Kier alpha value is -3.82. The van der Waals surface area contributed by atoms with Crippen molar-refractivity contribution in [1.29, 1.82) is 0 Å². The van der Waals surface area contributed by atoms with Crippen molar-refractivity contribution in [3.8, 4) is 16.9 Å². The minimum absolute atomic E-state index is 0.0162. The van der Waals surface area contributed by atoms with Crippen LogP contribution in [0.25, 0.3) is 16.7 Å². The average molecular weight is 596 g/mol. The summed E-state index contributed by atoms with van der Waals surface area (Å²) in [6.45, 7) is 2.51. The van der Waals surface area contributed by atoms with E-state index in [4.69, 9.17) is 21.1 Å². The van der Waals surface area contributed by atoms with Crippen molar-refractivity contribution in [1.82, 2.24) is 4.90 Å². The van der Waals surface area contributed by atoms with E-state index in [1.165, 1.54) is 6.07 Å². The zero-order valence-electron chi connectivity index (χ0n) is 22.7. The number of sulfone groups is 1. The van der Waals surface area contributed by atoms with Gasteiger partial charge in [0.05, 0.1) is 24.5 Å². The molecular weight excluding hydrogens is 566 g/mol.